The standard InChI is InChI=1S/C13H16N2O6/c1-20-8-2-7-14-12(16)9-21-13(17)10-3-5-11(6-4-10)15(18)19/h3-6H,2,7-9H2,1H3,(H,14,16). The van der Waals surface area contributed by atoms with Crippen molar-refractivity contribution in [1.29, 1.82) is 0 Å². The first-order chi connectivity index (χ1) is 10.0. The van der Waals surface area contributed by atoms with Gasteiger partial charge in [0.05, 0.1) is 10.5 Å². The molecule has 0 aromatic heterocycles. The number of nitrogens with one attached hydrogen (secondary N) is 1. The summed E-state index contributed by atoms with van der Waals surface area (Å²) in [5.41, 5.74) is 0.0234. The quantitative estimate of drug-likeness (QED) is 0.330. The molecule has 0 aliphatic rings. The topological polar surface area (TPSA) is 108 Å². The molecule has 1 aromatic carbocycles. The molecule has 21 heavy (non-hydrogen) atoms. The first-order valence-corrected chi connectivity index (χ1v) is 6.22. The predicted octanol–water partition coefficient (Wildman–Crippen LogP) is 0.904. The van der Waals surface area contributed by atoms with Crippen LogP contribution in [-0.2, 0) is 14.3 Å². The van der Waals surface area contributed by atoms with Crippen LogP contribution in [0.1, 0.15) is 16.8 Å². The maximum absolute atomic E-state index is 11.6. The Morgan fingerprint density at radius 2 is 1.95 bits per heavy atom. The van der Waals surface area contributed by atoms with E-state index >= 15 is 0 Å². The Morgan fingerprint density at radius 1 is 1.29 bits per heavy atom. The lowest BCUT2D eigenvalue weighted by Crippen LogP contribution is -2.30. The Balaban J connectivity index is 2.36. The number of amides is 1. The normalized spacial score (nSPS) is 9.95. The zero-order chi connectivity index (χ0) is 15.7. The SMILES string of the molecule is COCCCNC(=O)COC(=O)c1ccc([N+](=O)[O-])cc1. The van der Waals surface area contributed by atoms with Gasteiger partial charge in [0.25, 0.3) is 11.6 Å². The monoisotopic (exact) mass is 296 g/mol. The molecule has 1 N–H and O–H groups in total. The minimum atomic E-state index is -0.711. The fraction of sp³-hybridized carbons (Fsp3) is 0.385. The van der Waals surface area contributed by atoms with Crippen molar-refractivity contribution in [2.24, 2.45) is 0 Å². The van der Waals surface area contributed by atoms with E-state index in [2.05, 4.69) is 5.32 Å². The van der Waals surface area contributed by atoms with Crippen LogP contribution in [0, 0.1) is 10.1 Å². The second-order valence-electron chi connectivity index (χ2n) is 4.08. The predicted molar refractivity (Wildman–Crippen MR) is 72.9 cm³/mol. The van der Waals surface area contributed by atoms with Gasteiger partial charge in [-0.2, -0.15) is 0 Å². The molecule has 1 aromatic rings. The number of esters is 1. The molecule has 0 unspecified atom stereocenters. The molecule has 114 valence electrons. The summed E-state index contributed by atoms with van der Waals surface area (Å²) in [6, 6.07) is 4.94. The van der Waals surface area contributed by atoms with Gasteiger partial charge < -0.3 is 14.8 Å². The summed E-state index contributed by atoms with van der Waals surface area (Å²) in [4.78, 5) is 32.9. The first-order valence-electron chi connectivity index (χ1n) is 6.22. The summed E-state index contributed by atoms with van der Waals surface area (Å²) in [6.45, 7) is 0.563. The molecule has 0 aliphatic heterocycles. The highest BCUT2D eigenvalue weighted by atomic mass is 16.6. The van der Waals surface area contributed by atoms with Crippen molar-refractivity contribution in [2.45, 2.75) is 6.42 Å². The number of nitro groups is 1. The molecule has 0 saturated carbocycles. The van der Waals surface area contributed by atoms with Gasteiger partial charge in [0.2, 0.25) is 0 Å². The van der Waals surface area contributed by atoms with Crippen molar-refractivity contribution in [2.75, 3.05) is 26.9 Å². The molecule has 0 fully saturated rings. The molecular formula is C13H16N2O6. The minimum absolute atomic E-state index is 0.123. The molecule has 0 atom stereocenters. The van der Waals surface area contributed by atoms with Crippen LogP contribution >= 0.6 is 0 Å². The Labute approximate surface area is 121 Å². The molecule has 8 nitrogen and oxygen atoms in total. The number of nitro benzene ring substituents is 1. The van der Waals surface area contributed by atoms with Crippen LogP contribution in [0.2, 0.25) is 0 Å². The molecule has 0 radical (unpaired) electrons. The van der Waals surface area contributed by atoms with Gasteiger partial charge in [-0.15, -0.1) is 0 Å². The van der Waals surface area contributed by atoms with E-state index < -0.39 is 23.4 Å². The minimum Gasteiger partial charge on any atom is -0.452 e. The van der Waals surface area contributed by atoms with E-state index in [0.717, 1.165) is 0 Å². The van der Waals surface area contributed by atoms with Gasteiger partial charge in [-0.3, -0.25) is 14.9 Å². The van der Waals surface area contributed by atoms with Crippen LogP contribution in [0.4, 0.5) is 5.69 Å². The molecule has 0 spiro atoms. The van der Waals surface area contributed by atoms with Crippen molar-refractivity contribution in [1.82, 2.24) is 5.32 Å². The number of methoxy groups -OCH3 is 1. The summed E-state index contributed by atoms with van der Waals surface area (Å²) < 4.78 is 9.62. The number of hydrogen-bond donors (Lipinski definition) is 1. The van der Waals surface area contributed by atoms with Gasteiger partial charge in [0.15, 0.2) is 6.61 Å². The van der Waals surface area contributed by atoms with Crippen molar-refractivity contribution in [3.8, 4) is 0 Å². The molecule has 1 amide bonds. The van der Waals surface area contributed by atoms with Crippen LogP contribution in [0.15, 0.2) is 24.3 Å². The molecular weight excluding hydrogens is 280 g/mol. The number of benzene rings is 1. The third kappa shape index (κ3) is 6.00. The molecule has 1 rings (SSSR count). The van der Waals surface area contributed by atoms with Crippen molar-refractivity contribution >= 4 is 17.6 Å². The van der Waals surface area contributed by atoms with E-state index in [-0.39, 0.29) is 11.3 Å². The fourth-order valence-electron chi connectivity index (χ4n) is 1.43. The number of ether oxygens (including phenoxy) is 2. The fourth-order valence-corrected chi connectivity index (χ4v) is 1.43. The molecule has 8 heteroatoms. The zero-order valence-corrected chi connectivity index (χ0v) is 11.5. The Hall–Kier alpha value is -2.48. The average Bonchev–Trinajstić information content (AvgIpc) is 2.49. The van der Waals surface area contributed by atoms with Gasteiger partial charge in [0, 0.05) is 32.4 Å². The third-order valence-electron chi connectivity index (χ3n) is 2.50. The van der Waals surface area contributed by atoms with Gasteiger partial charge in [-0.1, -0.05) is 0 Å². The van der Waals surface area contributed by atoms with E-state index in [1.165, 1.54) is 24.3 Å². The first kappa shape index (κ1) is 16.6. The number of non-ortho nitro benzene ring substituents is 1. The molecule has 0 saturated heterocycles. The maximum atomic E-state index is 11.6. The number of rotatable bonds is 8. The average molecular weight is 296 g/mol. The lowest BCUT2D eigenvalue weighted by atomic mass is 10.2. The lowest BCUT2D eigenvalue weighted by molar-refractivity contribution is -0.384. The number of nitrogens with zero attached hydrogens (tertiary/aromatic N) is 1. The second-order valence-corrected chi connectivity index (χ2v) is 4.08. The van der Waals surface area contributed by atoms with E-state index in [1.807, 2.05) is 0 Å². The smallest absolute Gasteiger partial charge is 0.338 e. The maximum Gasteiger partial charge on any atom is 0.338 e. The summed E-state index contributed by atoms with van der Waals surface area (Å²) in [7, 11) is 1.56. The molecule has 0 heterocycles. The lowest BCUT2D eigenvalue weighted by Gasteiger charge is -2.06. The largest absolute Gasteiger partial charge is 0.452 e. The zero-order valence-electron chi connectivity index (χ0n) is 11.5. The van der Waals surface area contributed by atoms with E-state index in [4.69, 9.17) is 9.47 Å². The second kappa shape index (κ2) is 8.64. The van der Waals surface area contributed by atoms with E-state index in [1.54, 1.807) is 7.11 Å². The van der Waals surface area contributed by atoms with Gasteiger partial charge >= 0.3 is 5.97 Å². The molecule has 0 aliphatic carbocycles. The Bertz CT molecular complexity index is 500. The van der Waals surface area contributed by atoms with Gasteiger partial charge in [-0.25, -0.2) is 4.79 Å². The highest BCUT2D eigenvalue weighted by molar-refractivity contribution is 5.91. The van der Waals surface area contributed by atoms with Crippen molar-refractivity contribution in [3.63, 3.8) is 0 Å². The third-order valence-corrected chi connectivity index (χ3v) is 2.50. The highest BCUT2D eigenvalue weighted by Gasteiger charge is 2.12. The number of carbonyl (C=O) groups excluding carboxylic acids is 2. The van der Waals surface area contributed by atoms with Crippen molar-refractivity contribution in [3.05, 3.63) is 39.9 Å². The van der Waals surface area contributed by atoms with Crippen LogP contribution in [0.5, 0.6) is 0 Å². The van der Waals surface area contributed by atoms with Crippen LogP contribution in [0.25, 0.3) is 0 Å². The summed E-state index contributed by atoms with van der Waals surface area (Å²) >= 11 is 0. The van der Waals surface area contributed by atoms with Crippen LogP contribution in [0.3, 0.4) is 0 Å². The van der Waals surface area contributed by atoms with Crippen LogP contribution in [-0.4, -0.2) is 43.7 Å². The summed E-state index contributed by atoms with van der Waals surface area (Å²) in [5, 5.41) is 13.0. The van der Waals surface area contributed by atoms with Gasteiger partial charge in [-0.05, 0) is 18.6 Å². The van der Waals surface area contributed by atoms with Crippen molar-refractivity contribution < 1.29 is 24.0 Å². The van der Waals surface area contributed by atoms with E-state index in [9.17, 15) is 19.7 Å². The highest BCUT2D eigenvalue weighted by Crippen LogP contribution is 2.12. The van der Waals surface area contributed by atoms with Gasteiger partial charge in [0.1, 0.15) is 0 Å². The van der Waals surface area contributed by atoms with E-state index in [0.29, 0.717) is 19.6 Å². The Kier molecular flexibility index (Phi) is 6.82. The summed E-state index contributed by atoms with van der Waals surface area (Å²) in [6.07, 6.45) is 0.665. The van der Waals surface area contributed by atoms with Crippen LogP contribution < -0.4 is 5.32 Å². The number of hydrogen-bond acceptors (Lipinski definition) is 6. The Morgan fingerprint density at radius 3 is 2.52 bits per heavy atom. The number of carbonyl (C=O) groups is 2. The molecule has 0 bridgehead atoms. The summed E-state index contributed by atoms with van der Waals surface area (Å²) in [5.74, 6) is -1.13.